The maximum atomic E-state index is 8.34. The number of ether oxygens (including phenoxy) is 1. The molecule has 0 heterocycles. The molecule has 0 saturated heterocycles. The average Bonchev–Trinajstić information content (AvgIpc) is 2.07. The topological polar surface area (TPSA) is 33.0 Å². The fourth-order valence-corrected chi connectivity index (χ4v) is 0.765. The van der Waals surface area contributed by atoms with Crippen LogP contribution in [0.5, 0.6) is 5.75 Å². The van der Waals surface area contributed by atoms with Crippen LogP contribution in [0.2, 0.25) is 0 Å². The van der Waals surface area contributed by atoms with Gasteiger partial charge in [-0.25, -0.2) is 0 Å². The molecular formula is C9H8LiNO. The van der Waals surface area contributed by atoms with Gasteiger partial charge < -0.3 is 4.74 Å². The predicted molar refractivity (Wildman–Crippen MR) is 41.1 cm³/mol. The molecule has 0 bridgehead atoms. The molecule has 0 aliphatic rings. The number of benzene rings is 1. The van der Waals surface area contributed by atoms with E-state index in [0.29, 0.717) is 6.42 Å². The van der Waals surface area contributed by atoms with Gasteiger partial charge in [0.15, 0.2) is 0 Å². The van der Waals surface area contributed by atoms with E-state index >= 15 is 0 Å². The Morgan fingerprint density at radius 3 is 2.75 bits per heavy atom. The van der Waals surface area contributed by atoms with E-state index in [-0.39, 0.29) is 18.9 Å². The molecule has 56 valence electrons. The zero-order valence-corrected chi connectivity index (χ0v) is 7.29. The molecule has 0 spiro atoms. The minimum absolute atomic E-state index is 0. The standard InChI is InChI=1S/C9H8NO.Li/c1-11-9-4-2-8(3-5-9)6-7-10;/h2,4-5H,6H2,1H3;/q-1;+1. The summed E-state index contributed by atoms with van der Waals surface area (Å²) >= 11 is 0. The number of nitrogens with zero attached hydrogens (tertiary/aromatic N) is 1. The normalized spacial score (nSPS) is 8.00. The number of rotatable bonds is 2. The van der Waals surface area contributed by atoms with Crippen LogP contribution in [0, 0.1) is 17.4 Å². The van der Waals surface area contributed by atoms with Gasteiger partial charge in [0, 0.05) is 12.2 Å². The monoisotopic (exact) mass is 153 g/mol. The van der Waals surface area contributed by atoms with Gasteiger partial charge in [0.05, 0.1) is 13.2 Å². The fraction of sp³-hybridized carbons (Fsp3) is 0.222. The molecule has 0 amide bonds. The second-order valence-electron chi connectivity index (χ2n) is 2.09. The van der Waals surface area contributed by atoms with Gasteiger partial charge in [-0.1, -0.05) is 0 Å². The molecule has 12 heavy (non-hydrogen) atoms. The number of nitriles is 1. The van der Waals surface area contributed by atoms with Crippen LogP contribution in [0.15, 0.2) is 18.2 Å². The molecule has 0 N–H and O–H groups in total. The molecule has 0 radical (unpaired) electrons. The first-order valence-corrected chi connectivity index (χ1v) is 3.28. The quantitative estimate of drug-likeness (QED) is 0.385. The van der Waals surface area contributed by atoms with E-state index in [1.807, 2.05) is 18.2 Å². The zero-order chi connectivity index (χ0) is 8.10. The average molecular weight is 153 g/mol. The SMILES string of the molecule is COc1c[c-]c(CC#N)cc1.[Li+]. The third-order valence-corrected chi connectivity index (χ3v) is 1.35. The van der Waals surface area contributed by atoms with Gasteiger partial charge in [0.25, 0.3) is 0 Å². The van der Waals surface area contributed by atoms with Gasteiger partial charge in [-0.3, -0.25) is 0 Å². The summed E-state index contributed by atoms with van der Waals surface area (Å²) < 4.78 is 4.93. The van der Waals surface area contributed by atoms with Crippen molar-refractivity contribution in [1.29, 1.82) is 5.26 Å². The maximum absolute atomic E-state index is 8.34. The third-order valence-electron chi connectivity index (χ3n) is 1.35. The fourth-order valence-electron chi connectivity index (χ4n) is 0.765. The van der Waals surface area contributed by atoms with Crippen molar-refractivity contribution in [3.05, 3.63) is 29.8 Å². The largest absolute Gasteiger partial charge is 1.00 e. The van der Waals surface area contributed by atoms with Crippen LogP contribution in [0.25, 0.3) is 0 Å². The minimum Gasteiger partial charge on any atom is -0.554 e. The summed E-state index contributed by atoms with van der Waals surface area (Å²) in [4.78, 5) is 0. The maximum Gasteiger partial charge on any atom is 1.00 e. The molecule has 0 saturated carbocycles. The smallest absolute Gasteiger partial charge is 0.554 e. The van der Waals surface area contributed by atoms with Crippen LogP contribution in [0.4, 0.5) is 0 Å². The summed E-state index contributed by atoms with van der Waals surface area (Å²) in [5, 5.41) is 8.34. The van der Waals surface area contributed by atoms with Gasteiger partial charge in [0.1, 0.15) is 0 Å². The van der Waals surface area contributed by atoms with Crippen molar-refractivity contribution in [2.24, 2.45) is 0 Å². The summed E-state index contributed by atoms with van der Waals surface area (Å²) in [6.07, 6.45) is 0.407. The molecular weight excluding hydrogens is 145 g/mol. The summed E-state index contributed by atoms with van der Waals surface area (Å²) in [5.74, 6) is 0.770. The Morgan fingerprint density at radius 1 is 1.58 bits per heavy atom. The van der Waals surface area contributed by atoms with E-state index < -0.39 is 0 Å². The summed E-state index contributed by atoms with van der Waals surface area (Å²) in [7, 11) is 1.60. The van der Waals surface area contributed by atoms with E-state index in [2.05, 4.69) is 6.07 Å². The Labute approximate surface area is 84.3 Å². The molecule has 0 fully saturated rings. The minimum atomic E-state index is 0. The Morgan fingerprint density at radius 2 is 2.33 bits per heavy atom. The van der Waals surface area contributed by atoms with Crippen LogP contribution >= 0.6 is 0 Å². The molecule has 2 nitrogen and oxygen atoms in total. The van der Waals surface area contributed by atoms with E-state index in [0.717, 1.165) is 11.3 Å². The van der Waals surface area contributed by atoms with E-state index in [9.17, 15) is 0 Å². The van der Waals surface area contributed by atoms with E-state index in [1.165, 1.54) is 0 Å². The van der Waals surface area contributed by atoms with Crippen LogP contribution < -0.4 is 23.6 Å². The Balaban J connectivity index is 0.00000121. The van der Waals surface area contributed by atoms with E-state index in [4.69, 9.17) is 10.00 Å². The zero-order valence-electron chi connectivity index (χ0n) is 7.29. The van der Waals surface area contributed by atoms with Gasteiger partial charge >= 0.3 is 18.9 Å². The number of methoxy groups -OCH3 is 1. The molecule has 1 aromatic carbocycles. The Bertz CT molecular complexity index is 263. The predicted octanol–water partition coefficient (Wildman–Crippen LogP) is -1.43. The second kappa shape index (κ2) is 5.72. The number of hydrogen-bond acceptors (Lipinski definition) is 2. The number of hydrogen-bond donors (Lipinski definition) is 0. The van der Waals surface area contributed by atoms with Crippen molar-refractivity contribution in [3.8, 4) is 11.8 Å². The van der Waals surface area contributed by atoms with Crippen molar-refractivity contribution in [2.75, 3.05) is 7.11 Å². The molecule has 1 aromatic rings. The first-order valence-electron chi connectivity index (χ1n) is 3.28. The van der Waals surface area contributed by atoms with Crippen LogP contribution in [-0.4, -0.2) is 7.11 Å². The molecule has 1 rings (SSSR count). The van der Waals surface area contributed by atoms with Gasteiger partial charge in [-0.15, -0.1) is 17.7 Å². The van der Waals surface area contributed by atoms with Crippen LogP contribution in [-0.2, 0) is 6.42 Å². The summed E-state index contributed by atoms with van der Waals surface area (Å²) in [6.45, 7) is 0. The Hall–Kier alpha value is -0.893. The molecule has 0 aliphatic heterocycles. The molecule has 0 unspecified atom stereocenters. The van der Waals surface area contributed by atoms with Crippen molar-refractivity contribution in [1.82, 2.24) is 0 Å². The van der Waals surface area contributed by atoms with Crippen molar-refractivity contribution >= 4 is 0 Å². The third kappa shape index (κ3) is 3.01. The first kappa shape index (κ1) is 11.1. The van der Waals surface area contributed by atoms with Gasteiger partial charge in [0.2, 0.25) is 0 Å². The summed E-state index contributed by atoms with van der Waals surface area (Å²) in [6, 6.07) is 10.4. The molecule has 0 atom stereocenters. The summed E-state index contributed by atoms with van der Waals surface area (Å²) in [5.41, 5.74) is 0.897. The first-order chi connectivity index (χ1) is 5.36. The molecule has 3 heteroatoms. The Kier molecular flexibility index (Phi) is 5.29. The van der Waals surface area contributed by atoms with E-state index in [1.54, 1.807) is 13.2 Å². The molecule has 0 aliphatic carbocycles. The van der Waals surface area contributed by atoms with Crippen molar-refractivity contribution < 1.29 is 23.6 Å². The molecule has 0 aromatic heterocycles. The van der Waals surface area contributed by atoms with Crippen LogP contribution in [0.3, 0.4) is 0 Å². The van der Waals surface area contributed by atoms with Crippen LogP contribution in [0.1, 0.15) is 5.56 Å². The van der Waals surface area contributed by atoms with Crippen molar-refractivity contribution in [2.45, 2.75) is 6.42 Å². The van der Waals surface area contributed by atoms with Crippen molar-refractivity contribution in [3.63, 3.8) is 0 Å². The van der Waals surface area contributed by atoms with Gasteiger partial charge in [-0.05, 0) is 0 Å². The second-order valence-corrected chi connectivity index (χ2v) is 2.09. The van der Waals surface area contributed by atoms with Gasteiger partial charge in [-0.2, -0.15) is 17.4 Å².